The summed E-state index contributed by atoms with van der Waals surface area (Å²) >= 11 is 0. The van der Waals surface area contributed by atoms with Gasteiger partial charge in [0.2, 0.25) is 18.6 Å². The molecule has 0 bridgehead atoms. The second-order valence-electron chi connectivity index (χ2n) is 8.63. The summed E-state index contributed by atoms with van der Waals surface area (Å²) in [6.45, 7) is 3.91. The van der Waals surface area contributed by atoms with Gasteiger partial charge in [0.15, 0.2) is 11.5 Å². The van der Waals surface area contributed by atoms with Gasteiger partial charge in [-0.05, 0) is 29.8 Å². The number of rotatable bonds is 7. The molecule has 180 valence electrons. The fourth-order valence-corrected chi connectivity index (χ4v) is 4.70. The van der Waals surface area contributed by atoms with E-state index in [1.165, 1.54) is 0 Å². The lowest BCUT2D eigenvalue weighted by atomic mass is 10.0. The minimum atomic E-state index is -0.404. The number of hydrogen-bond donors (Lipinski definition) is 1. The normalized spacial score (nSPS) is 20.9. The Balaban J connectivity index is 1.24. The number of carbonyl (C=O) groups is 2. The van der Waals surface area contributed by atoms with Crippen molar-refractivity contribution in [3.8, 4) is 17.2 Å². The van der Waals surface area contributed by atoms with E-state index in [0.29, 0.717) is 43.5 Å². The van der Waals surface area contributed by atoms with Crippen LogP contribution in [0.2, 0.25) is 0 Å². The van der Waals surface area contributed by atoms with Crippen molar-refractivity contribution in [3.63, 3.8) is 0 Å². The molecule has 2 aromatic rings. The molecule has 0 aromatic heterocycles. The summed E-state index contributed by atoms with van der Waals surface area (Å²) < 4.78 is 21.6. The van der Waals surface area contributed by atoms with E-state index in [0.717, 1.165) is 24.4 Å². The third kappa shape index (κ3) is 4.67. The van der Waals surface area contributed by atoms with E-state index >= 15 is 0 Å². The van der Waals surface area contributed by atoms with Gasteiger partial charge < -0.3 is 29.2 Å². The Bertz CT molecular complexity index is 1040. The SMILES string of the molecule is COc1ccc(C(CNC(=O)C2CC(=O)N(c3ccc4c(c3)OCO4)C2)N2CCOCC2)cc1. The molecule has 2 unspecified atom stereocenters. The van der Waals surface area contributed by atoms with Crippen molar-refractivity contribution >= 4 is 17.5 Å². The highest BCUT2D eigenvalue weighted by Crippen LogP contribution is 2.37. The first-order valence-electron chi connectivity index (χ1n) is 11.6. The molecule has 34 heavy (non-hydrogen) atoms. The number of morpholine rings is 1. The van der Waals surface area contributed by atoms with E-state index in [-0.39, 0.29) is 31.1 Å². The maximum absolute atomic E-state index is 13.1. The van der Waals surface area contributed by atoms with Crippen LogP contribution in [0.3, 0.4) is 0 Å². The molecule has 3 aliphatic rings. The van der Waals surface area contributed by atoms with Gasteiger partial charge in [-0.25, -0.2) is 0 Å². The van der Waals surface area contributed by atoms with Crippen LogP contribution >= 0.6 is 0 Å². The molecule has 0 aliphatic carbocycles. The third-order valence-electron chi connectivity index (χ3n) is 6.62. The Hall–Kier alpha value is -3.30. The van der Waals surface area contributed by atoms with Crippen LogP contribution in [-0.2, 0) is 14.3 Å². The third-order valence-corrected chi connectivity index (χ3v) is 6.62. The van der Waals surface area contributed by atoms with Crippen molar-refractivity contribution < 1.29 is 28.5 Å². The number of anilines is 1. The number of fused-ring (bicyclic) bond motifs is 1. The molecule has 2 saturated heterocycles. The topological polar surface area (TPSA) is 89.6 Å². The van der Waals surface area contributed by atoms with Crippen LogP contribution in [0.5, 0.6) is 17.2 Å². The molecule has 5 rings (SSSR count). The molecule has 2 aromatic carbocycles. The van der Waals surface area contributed by atoms with Crippen LogP contribution in [0.15, 0.2) is 42.5 Å². The van der Waals surface area contributed by atoms with Crippen LogP contribution in [0.1, 0.15) is 18.0 Å². The van der Waals surface area contributed by atoms with Gasteiger partial charge in [-0.15, -0.1) is 0 Å². The zero-order valence-corrected chi connectivity index (χ0v) is 19.2. The van der Waals surface area contributed by atoms with Crippen LogP contribution in [0.25, 0.3) is 0 Å². The lowest BCUT2D eigenvalue weighted by molar-refractivity contribution is -0.126. The smallest absolute Gasteiger partial charge is 0.231 e. The van der Waals surface area contributed by atoms with E-state index in [4.69, 9.17) is 18.9 Å². The van der Waals surface area contributed by atoms with E-state index in [1.807, 2.05) is 30.3 Å². The summed E-state index contributed by atoms with van der Waals surface area (Å²) in [4.78, 5) is 29.7. The summed E-state index contributed by atoms with van der Waals surface area (Å²) in [5.41, 5.74) is 1.82. The van der Waals surface area contributed by atoms with Gasteiger partial charge in [0.1, 0.15) is 5.75 Å². The summed E-state index contributed by atoms with van der Waals surface area (Å²) in [6.07, 6.45) is 0.186. The minimum Gasteiger partial charge on any atom is -0.497 e. The summed E-state index contributed by atoms with van der Waals surface area (Å²) in [7, 11) is 1.64. The predicted molar refractivity (Wildman–Crippen MR) is 124 cm³/mol. The highest BCUT2D eigenvalue weighted by atomic mass is 16.7. The Kier molecular flexibility index (Phi) is 6.55. The number of benzene rings is 2. The number of carbonyl (C=O) groups excluding carboxylic acids is 2. The standard InChI is InChI=1S/C25H29N3O6/c1-31-20-5-2-17(3-6-20)21(27-8-10-32-11-9-27)14-26-25(30)18-12-24(29)28(15-18)19-4-7-22-23(13-19)34-16-33-22/h2-7,13,18,21H,8-12,14-16H2,1H3,(H,26,30). The highest BCUT2D eigenvalue weighted by Gasteiger charge is 2.36. The molecule has 9 nitrogen and oxygen atoms in total. The molecule has 3 aliphatic heterocycles. The lowest BCUT2D eigenvalue weighted by Crippen LogP contribution is -2.45. The number of nitrogens with zero attached hydrogens (tertiary/aromatic N) is 2. The first kappa shape index (κ1) is 22.5. The zero-order chi connectivity index (χ0) is 23.5. The van der Waals surface area contributed by atoms with Gasteiger partial charge in [0.25, 0.3) is 0 Å². The van der Waals surface area contributed by atoms with Gasteiger partial charge in [-0.1, -0.05) is 12.1 Å². The molecule has 0 radical (unpaired) electrons. The van der Waals surface area contributed by atoms with Gasteiger partial charge in [0.05, 0.1) is 32.3 Å². The molecule has 0 saturated carbocycles. The van der Waals surface area contributed by atoms with Crippen LogP contribution in [0, 0.1) is 5.92 Å². The van der Waals surface area contributed by atoms with Crippen molar-refractivity contribution in [2.75, 3.05) is 58.2 Å². The molecule has 2 fully saturated rings. The molecule has 0 spiro atoms. The molecule has 9 heteroatoms. The lowest BCUT2D eigenvalue weighted by Gasteiger charge is -2.35. The van der Waals surface area contributed by atoms with Crippen molar-refractivity contribution in [2.45, 2.75) is 12.5 Å². The maximum Gasteiger partial charge on any atom is 0.231 e. The van der Waals surface area contributed by atoms with E-state index in [2.05, 4.69) is 10.2 Å². The Morgan fingerprint density at radius 1 is 1.12 bits per heavy atom. The van der Waals surface area contributed by atoms with Crippen LogP contribution < -0.4 is 24.4 Å². The molecular weight excluding hydrogens is 438 g/mol. The van der Waals surface area contributed by atoms with Gasteiger partial charge >= 0.3 is 0 Å². The Morgan fingerprint density at radius 2 is 1.88 bits per heavy atom. The van der Waals surface area contributed by atoms with Crippen LogP contribution in [0.4, 0.5) is 5.69 Å². The summed E-state index contributed by atoms with van der Waals surface area (Å²) in [5.74, 6) is 1.49. The van der Waals surface area contributed by atoms with E-state index in [1.54, 1.807) is 24.1 Å². The summed E-state index contributed by atoms with van der Waals surface area (Å²) in [6, 6.07) is 13.4. The first-order valence-corrected chi connectivity index (χ1v) is 11.6. The van der Waals surface area contributed by atoms with Gasteiger partial charge in [-0.2, -0.15) is 0 Å². The first-order chi connectivity index (χ1) is 16.6. The number of nitrogens with one attached hydrogen (secondary N) is 1. The fourth-order valence-electron chi connectivity index (χ4n) is 4.70. The number of hydrogen-bond acceptors (Lipinski definition) is 7. The van der Waals surface area contributed by atoms with Crippen molar-refractivity contribution in [2.24, 2.45) is 5.92 Å². The van der Waals surface area contributed by atoms with Gasteiger partial charge in [0, 0.05) is 44.4 Å². The van der Waals surface area contributed by atoms with Crippen molar-refractivity contribution in [1.29, 1.82) is 0 Å². The number of methoxy groups -OCH3 is 1. The van der Waals surface area contributed by atoms with E-state index < -0.39 is 5.92 Å². The average Bonchev–Trinajstić information content (AvgIpc) is 3.51. The second kappa shape index (κ2) is 9.90. The molecule has 2 atom stereocenters. The highest BCUT2D eigenvalue weighted by molar-refractivity contribution is 6.00. The zero-order valence-electron chi connectivity index (χ0n) is 19.2. The maximum atomic E-state index is 13.1. The second-order valence-corrected chi connectivity index (χ2v) is 8.63. The average molecular weight is 468 g/mol. The number of amides is 2. The van der Waals surface area contributed by atoms with Gasteiger partial charge in [-0.3, -0.25) is 14.5 Å². The molecular formula is C25H29N3O6. The summed E-state index contributed by atoms with van der Waals surface area (Å²) in [5, 5.41) is 3.11. The molecule has 1 N–H and O–H groups in total. The van der Waals surface area contributed by atoms with Crippen molar-refractivity contribution in [1.82, 2.24) is 10.2 Å². The van der Waals surface area contributed by atoms with Crippen molar-refractivity contribution in [3.05, 3.63) is 48.0 Å². The van der Waals surface area contributed by atoms with Crippen LogP contribution in [-0.4, -0.2) is 70.0 Å². The fraction of sp³-hybridized carbons (Fsp3) is 0.440. The monoisotopic (exact) mass is 467 g/mol. The largest absolute Gasteiger partial charge is 0.497 e. The predicted octanol–water partition coefficient (Wildman–Crippen LogP) is 1.97. The van der Waals surface area contributed by atoms with E-state index in [9.17, 15) is 9.59 Å². The minimum absolute atomic E-state index is 0.0147. The molecule has 3 heterocycles. The quantitative estimate of drug-likeness (QED) is 0.666. The molecule has 2 amide bonds. The number of ether oxygens (including phenoxy) is 4. The Morgan fingerprint density at radius 3 is 2.65 bits per heavy atom. The Labute approximate surface area is 198 Å².